The van der Waals surface area contributed by atoms with E-state index in [1.54, 1.807) is 0 Å². The molecular formula is C12H15NOS. The Morgan fingerprint density at radius 2 is 2.00 bits per heavy atom. The van der Waals surface area contributed by atoms with Gasteiger partial charge < -0.3 is 4.74 Å². The van der Waals surface area contributed by atoms with E-state index in [-0.39, 0.29) is 0 Å². The second-order valence-corrected chi connectivity index (χ2v) is 3.44. The molecular weight excluding hydrogens is 206 g/mol. The van der Waals surface area contributed by atoms with Crippen LogP contribution in [0.25, 0.3) is 0 Å². The molecule has 0 aliphatic rings. The van der Waals surface area contributed by atoms with Crippen LogP contribution in [0.1, 0.15) is 26.2 Å². The van der Waals surface area contributed by atoms with Crippen molar-refractivity contribution >= 4 is 23.1 Å². The smallest absolute Gasteiger partial charge is 0.119 e. The van der Waals surface area contributed by atoms with Gasteiger partial charge in [-0.05, 0) is 42.9 Å². The number of hydrogen-bond donors (Lipinski definition) is 0. The number of ether oxygens (including phenoxy) is 1. The normalized spacial score (nSPS) is 9.40. The molecule has 3 heteroatoms. The topological polar surface area (TPSA) is 21.6 Å². The van der Waals surface area contributed by atoms with E-state index in [9.17, 15) is 0 Å². The number of isothiocyanates is 1. The lowest BCUT2D eigenvalue weighted by Crippen LogP contribution is -1.96. The maximum atomic E-state index is 5.55. The molecule has 0 atom stereocenters. The molecule has 0 aliphatic carbocycles. The zero-order chi connectivity index (χ0) is 10.9. The van der Waals surface area contributed by atoms with Crippen molar-refractivity contribution in [1.82, 2.24) is 0 Å². The highest BCUT2D eigenvalue weighted by molar-refractivity contribution is 7.78. The van der Waals surface area contributed by atoms with Crippen molar-refractivity contribution in [3.8, 4) is 5.75 Å². The lowest BCUT2D eigenvalue weighted by molar-refractivity contribution is 0.306. The molecule has 0 amide bonds. The van der Waals surface area contributed by atoms with Crippen LogP contribution < -0.4 is 4.74 Å². The summed E-state index contributed by atoms with van der Waals surface area (Å²) in [6.45, 7) is 2.96. The predicted octanol–water partition coefficient (Wildman–Crippen LogP) is 3.99. The van der Waals surface area contributed by atoms with E-state index in [4.69, 9.17) is 4.74 Å². The van der Waals surface area contributed by atoms with Gasteiger partial charge in [0.15, 0.2) is 0 Å². The molecule has 0 radical (unpaired) electrons. The van der Waals surface area contributed by atoms with Crippen LogP contribution in [0.15, 0.2) is 29.3 Å². The number of benzene rings is 1. The second-order valence-electron chi connectivity index (χ2n) is 3.25. The minimum Gasteiger partial charge on any atom is -0.494 e. The first-order chi connectivity index (χ1) is 7.36. The minimum atomic E-state index is 0.781. The number of hydrogen-bond acceptors (Lipinski definition) is 3. The van der Waals surface area contributed by atoms with Gasteiger partial charge in [-0.1, -0.05) is 19.8 Å². The number of thiocarbonyl (C=S) groups is 1. The molecule has 0 spiro atoms. The van der Waals surface area contributed by atoms with Crippen molar-refractivity contribution in [2.45, 2.75) is 26.2 Å². The maximum Gasteiger partial charge on any atom is 0.119 e. The fourth-order valence-corrected chi connectivity index (χ4v) is 1.32. The van der Waals surface area contributed by atoms with Crippen molar-refractivity contribution in [2.24, 2.45) is 4.99 Å². The molecule has 1 aromatic rings. The van der Waals surface area contributed by atoms with E-state index in [0.717, 1.165) is 24.5 Å². The summed E-state index contributed by atoms with van der Waals surface area (Å²) in [4.78, 5) is 3.87. The average molecular weight is 221 g/mol. The molecule has 0 unspecified atom stereocenters. The molecule has 80 valence electrons. The summed E-state index contributed by atoms with van der Waals surface area (Å²) in [5.74, 6) is 0.884. The Kier molecular flexibility index (Phi) is 5.67. The molecule has 1 rings (SSSR count). The van der Waals surface area contributed by atoms with Gasteiger partial charge in [-0.2, -0.15) is 4.99 Å². The van der Waals surface area contributed by atoms with E-state index in [2.05, 4.69) is 29.3 Å². The Hall–Kier alpha value is -1.18. The van der Waals surface area contributed by atoms with Crippen LogP contribution in [0.5, 0.6) is 5.75 Å². The maximum absolute atomic E-state index is 5.55. The van der Waals surface area contributed by atoms with E-state index in [0.29, 0.717) is 0 Å². The number of nitrogens with zero attached hydrogens (tertiary/aromatic N) is 1. The van der Waals surface area contributed by atoms with Gasteiger partial charge in [0.25, 0.3) is 0 Å². The van der Waals surface area contributed by atoms with Crippen LogP contribution in [-0.4, -0.2) is 11.8 Å². The van der Waals surface area contributed by atoms with Gasteiger partial charge in [-0.3, -0.25) is 0 Å². The van der Waals surface area contributed by atoms with Gasteiger partial charge in [-0.15, -0.1) is 0 Å². The molecule has 0 saturated heterocycles. The van der Waals surface area contributed by atoms with Gasteiger partial charge >= 0.3 is 0 Å². The Morgan fingerprint density at radius 1 is 1.27 bits per heavy atom. The van der Waals surface area contributed by atoms with Gasteiger partial charge in [-0.25, -0.2) is 0 Å². The first kappa shape index (κ1) is 11.9. The number of unbranched alkanes of at least 4 members (excludes halogenated alkanes) is 2. The average Bonchev–Trinajstić information content (AvgIpc) is 2.27. The Balaban J connectivity index is 2.39. The van der Waals surface area contributed by atoms with Gasteiger partial charge in [0.05, 0.1) is 17.5 Å². The summed E-state index contributed by atoms with van der Waals surface area (Å²) in [5.41, 5.74) is 0.811. The third-order valence-electron chi connectivity index (χ3n) is 2.03. The molecule has 0 bridgehead atoms. The Morgan fingerprint density at radius 3 is 2.60 bits per heavy atom. The predicted molar refractivity (Wildman–Crippen MR) is 66.1 cm³/mol. The van der Waals surface area contributed by atoms with Crippen molar-refractivity contribution in [2.75, 3.05) is 6.61 Å². The lowest BCUT2D eigenvalue weighted by Gasteiger charge is -2.04. The monoisotopic (exact) mass is 221 g/mol. The van der Waals surface area contributed by atoms with Gasteiger partial charge in [0.1, 0.15) is 5.75 Å². The molecule has 0 saturated carbocycles. The summed E-state index contributed by atoms with van der Waals surface area (Å²) >= 11 is 4.52. The minimum absolute atomic E-state index is 0.781. The first-order valence-corrected chi connectivity index (χ1v) is 5.58. The SMILES string of the molecule is CCCCCOc1ccc(N=C=S)cc1. The van der Waals surface area contributed by atoms with Crippen molar-refractivity contribution in [1.29, 1.82) is 0 Å². The lowest BCUT2D eigenvalue weighted by atomic mass is 10.2. The van der Waals surface area contributed by atoms with E-state index in [1.165, 1.54) is 12.8 Å². The summed E-state index contributed by atoms with van der Waals surface area (Å²) in [6, 6.07) is 7.54. The number of aliphatic imine (C=N–C) groups is 1. The van der Waals surface area contributed by atoms with Crippen LogP contribution in [0.2, 0.25) is 0 Å². The summed E-state index contributed by atoms with van der Waals surface area (Å²) in [6.07, 6.45) is 3.54. The first-order valence-electron chi connectivity index (χ1n) is 5.17. The fraction of sp³-hybridized carbons (Fsp3) is 0.417. The van der Waals surface area contributed by atoms with Crippen LogP contribution in [0.3, 0.4) is 0 Å². The molecule has 0 aromatic heterocycles. The van der Waals surface area contributed by atoms with Gasteiger partial charge in [0, 0.05) is 0 Å². The quantitative estimate of drug-likeness (QED) is 0.411. The zero-order valence-electron chi connectivity index (χ0n) is 8.90. The third kappa shape index (κ3) is 4.73. The Bertz CT molecular complexity index is 328. The third-order valence-corrected chi connectivity index (χ3v) is 2.12. The van der Waals surface area contributed by atoms with Crippen molar-refractivity contribution < 1.29 is 4.74 Å². The van der Waals surface area contributed by atoms with Gasteiger partial charge in [0.2, 0.25) is 0 Å². The van der Waals surface area contributed by atoms with Crippen LogP contribution in [0, 0.1) is 0 Å². The van der Waals surface area contributed by atoms with Crippen LogP contribution >= 0.6 is 12.2 Å². The number of rotatable bonds is 6. The second kappa shape index (κ2) is 7.16. The molecule has 0 heterocycles. The molecule has 0 fully saturated rings. The highest BCUT2D eigenvalue weighted by atomic mass is 32.1. The fourth-order valence-electron chi connectivity index (χ4n) is 1.21. The highest BCUT2D eigenvalue weighted by Gasteiger charge is 1.93. The molecule has 1 aromatic carbocycles. The molecule has 2 nitrogen and oxygen atoms in total. The summed E-state index contributed by atoms with van der Waals surface area (Å²) < 4.78 is 5.55. The molecule has 15 heavy (non-hydrogen) atoms. The highest BCUT2D eigenvalue weighted by Crippen LogP contribution is 2.17. The largest absolute Gasteiger partial charge is 0.494 e. The zero-order valence-corrected chi connectivity index (χ0v) is 9.72. The van der Waals surface area contributed by atoms with Crippen molar-refractivity contribution in [3.63, 3.8) is 0 Å². The van der Waals surface area contributed by atoms with E-state index in [1.807, 2.05) is 24.3 Å². The molecule has 0 aliphatic heterocycles. The van der Waals surface area contributed by atoms with Crippen molar-refractivity contribution in [3.05, 3.63) is 24.3 Å². The summed E-state index contributed by atoms with van der Waals surface area (Å²) in [5, 5.41) is 2.33. The van der Waals surface area contributed by atoms with Crippen LogP contribution in [0.4, 0.5) is 5.69 Å². The van der Waals surface area contributed by atoms with E-state index < -0.39 is 0 Å². The molecule has 0 N–H and O–H groups in total. The van der Waals surface area contributed by atoms with Crippen LogP contribution in [-0.2, 0) is 0 Å². The van der Waals surface area contributed by atoms with E-state index >= 15 is 0 Å². The summed E-state index contributed by atoms with van der Waals surface area (Å²) in [7, 11) is 0. The Labute approximate surface area is 96.0 Å². The standard InChI is InChI=1S/C12H15NOS/c1-2-3-4-9-14-12-7-5-11(6-8-12)13-10-15/h5-8H,2-4,9H2,1H3.